The molecular weight excluding hydrogens is 328 g/mol. The average Bonchev–Trinajstić information content (AvgIpc) is 2.94. The SMILES string of the molecule is Cc1nc(-c2ccccc2Cl)sc1CNC(=O)C1CC=CCC1. The fraction of sp³-hybridized carbons (Fsp3) is 0.333. The lowest BCUT2D eigenvalue weighted by molar-refractivity contribution is -0.125. The molecule has 0 aliphatic heterocycles. The van der Waals surface area contributed by atoms with E-state index in [0.29, 0.717) is 11.6 Å². The Morgan fingerprint density at radius 3 is 2.96 bits per heavy atom. The van der Waals surface area contributed by atoms with Crippen LogP contribution in [0.1, 0.15) is 29.8 Å². The zero-order valence-electron chi connectivity index (χ0n) is 13.0. The minimum absolute atomic E-state index is 0.108. The standard InChI is InChI=1S/C18H19ClN2OS/c1-12-16(11-20-17(22)13-7-3-2-4-8-13)23-18(21-12)14-9-5-6-10-15(14)19/h2-3,5-6,9-10,13H,4,7-8,11H2,1H3,(H,20,22). The normalized spacial score (nSPS) is 17.2. The Morgan fingerprint density at radius 2 is 2.22 bits per heavy atom. The van der Waals surface area contributed by atoms with Crippen molar-refractivity contribution in [2.45, 2.75) is 32.7 Å². The molecule has 0 radical (unpaired) electrons. The number of carbonyl (C=O) groups excluding carboxylic acids is 1. The summed E-state index contributed by atoms with van der Waals surface area (Å²) in [6.45, 7) is 2.51. The fourth-order valence-corrected chi connectivity index (χ4v) is 4.01. The first kappa shape index (κ1) is 16.2. The summed E-state index contributed by atoms with van der Waals surface area (Å²) in [7, 11) is 0. The smallest absolute Gasteiger partial charge is 0.223 e. The van der Waals surface area contributed by atoms with E-state index in [1.807, 2.05) is 31.2 Å². The van der Waals surface area contributed by atoms with Crippen LogP contribution < -0.4 is 5.32 Å². The molecule has 0 spiro atoms. The summed E-state index contributed by atoms with van der Waals surface area (Å²) < 4.78 is 0. The van der Waals surface area contributed by atoms with Gasteiger partial charge in [-0.2, -0.15) is 0 Å². The van der Waals surface area contributed by atoms with Gasteiger partial charge < -0.3 is 5.32 Å². The van der Waals surface area contributed by atoms with Crippen molar-refractivity contribution in [3.8, 4) is 10.6 Å². The molecule has 2 aromatic rings. The van der Waals surface area contributed by atoms with E-state index < -0.39 is 0 Å². The maximum Gasteiger partial charge on any atom is 0.223 e. The highest BCUT2D eigenvalue weighted by atomic mass is 35.5. The third-order valence-corrected chi connectivity index (χ3v) is 5.58. The summed E-state index contributed by atoms with van der Waals surface area (Å²) in [5.41, 5.74) is 1.89. The van der Waals surface area contributed by atoms with Crippen molar-refractivity contribution in [3.05, 3.63) is 52.0 Å². The van der Waals surface area contributed by atoms with E-state index in [2.05, 4.69) is 22.5 Å². The molecule has 1 unspecified atom stereocenters. The monoisotopic (exact) mass is 346 g/mol. The zero-order valence-corrected chi connectivity index (χ0v) is 14.6. The predicted octanol–water partition coefficient (Wildman–Crippen LogP) is 4.74. The van der Waals surface area contributed by atoms with Crippen molar-refractivity contribution in [1.29, 1.82) is 0 Å². The first-order valence-electron chi connectivity index (χ1n) is 7.79. The van der Waals surface area contributed by atoms with Crippen LogP contribution in [0, 0.1) is 12.8 Å². The molecule has 1 amide bonds. The number of hydrogen-bond acceptors (Lipinski definition) is 3. The van der Waals surface area contributed by atoms with Crippen molar-refractivity contribution in [1.82, 2.24) is 10.3 Å². The van der Waals surface area contributed by atoms with Gasteiger partial charge in [0.25, 0.3) is 0 Å². The molecule has 23 heavy (non-hydrogen) atoms. The van der Waals surface area contributed by atoms with Crippen molar-refractivity contribution >= 4 is 28.8 Å². The third kappa shape index (κ3) is 3.82. The number of thiazole rings is 1. The molecule has 0 bridgehead atoms. The number of allylic oxidation sites excluding steroid dienone is 2. The molecule has 1 aromatic heterocycles. The van der Waals surface area contributed by atoms with Crippen LogP contribution in [0.3, 0.4) is 0 Å². The zero-order chi connectivity index (χ0) is 16.2. The molecule has 0 saturated heterocycles. The Hall–Kier alpha value is -1.65. The maximum absolute atomic E-state index is 12.2. The van der Waals surface area contributed by atoms with Crippen molar-refractivity contribution < 1.29 is 4.79 Å². The molecule has 1 atom stereocenters. The molecule has 0 fully saturated rings. The summed E-state index contributed by atoms with van der Waals surface area (Å²) in [6, 6.07) is 7.70. The van der Waals surface area contributed by atoms with Crippen LogP contribution in [0.25, 0.3) is 10.6 Å². The molecule has 120 valence electrons. The van der Waals surface area contributed by atoms with E-state index in [9.17, 15) is 4.79 Å². The van der Waals surface area contributed by atoms with E-state index in [1.165, 1.54) is 0 Å². The Bertz CT molecular complexity index is 738. The van der Waals surface area contributed by atoms with Crippen LogP contribution in [0.5, 0.6) is 0 Å². The van der Waals surface area contributed by atoms with E-state index >= 15 is 0 Å². The quantitative estimate of drug-likeness (QED) is 0.812. The molecule has 1 aliphatic carbocycles. The largest absolute Gasteiger partial charge is 0.351 e. The lowest BCUT2D eigenvalue weighted by Crippen LogP contribution is -2.30. The Labute approximate surface area is 145 Å². The van der Waals surface area contributed by atoms with Crippen LogP contribution in [-0.4, -0.2) is 10.9 Å². The van der Waals surface area contributed by atoms with E-state index in [-0.39, 0.29) is 11.8 Å². The van der Waals surface area contributed by atoms with E-state index in [4.69, 9.17) is 11.6 Å². The first-order chi connectivity index (χ1) is 11.1. The minimum atomic E-state index is 0.108. The lowest BCUT2D eigenvalue weighted by atomic mass is 9.94. The number of aromatic nitrogens is 1. The second-order valence-electron chi connectivity index (χ2n) is 5.71. The minimum Gasteiger partial charge on any atom is -0.351 e. The van der Waals surface area contributed by atoms with Crippen LogP contribution in [-0.2, 0) is 11.3 Å². The van der Waals surface area contributed by atoms with E-state index in [0.717, 1.165) is 40.4 Å². The first-order valence-corrected chi connectivity index (χ1v) is 8.98. The number of amides is 1. The van der Waals surface area contributed by atoms with Gasteiger partial charge >= 0.3 is 0 Å². The van der Waals surface area contributed by atoms with Crippen LogP contribution in [0.4, 0.5) is 0 Å². The van der Waals surface area contributed by atoms with E-state index in [1.54, 1.807) is 11.3 Å². The van der Waals surface area contributed by atoms with Gasteiger partial charge in [0.2, 0.25) is 5.91 Å². The number of halogens is 1. The molecule has 1 heterocycles. The highest BCUT2D eigenvalue weighted by molar-refractivity contribution is 7.15. The summed E-state index contributed by atoms with van der Waals surface area (Å²) >= 11 is 7.83. The van der Waals surface area contributed by atoms with Crippen LogP contribution in [0.2, 0.25) is 5.02 Å². The highest BCUT2D eigenvalue weighted by Gasteiger charge is 2.19. The molecule has 3 nitrogen and oxygen atoms in total. The van der Waals surface area contributed by atoms with Gasteiger partial charge in [-0.05, 0) is 32.3 Å². The summed E-state index contributed by atoms with van der Waals surface area (Å²) in [5, 5.41) is 4.65. The highest BCUT2D eigenvalue weighted by Crippen LogP contribution is 2.32. The number of nitrogens with zero attached hydrogens (tertiary/aromatic N) is 1. The number of hydrogen-bond donors (Lipinski definition) is 1. The Morgan fingerprint density at radius 1 is 1.39 bits per heavy atom. The number of nitrogens with one attached hydrogen (secondary N) is 1. The van der Waals surface area contributed by atoms with Gasteiger partial charge in [0.15, 0.2) is 0 Å². The summed E-state index contributed by atoms with van der Waals surface area (Å²) in [5.74, 6) is 0.248. The van der Waals surface area contributed by atoms with Gasteiger partial charge in [-0.1, -0.05) is 42.0 Å². The van der Waals surface area contributed by atoms with Crippen molar-refractivity contribution in [3.63, 3.8) is 0 Å². The fourth-order valence-electron chi connectivity index (χ4n) is 2.69. The average molecular weight is 347 g/mol. The second kappa shape index (κ2) is 7.28. The van der Waals surface area contributed by atoms with Gasteiger partial charge in [0, 0.05) is 16.4 Å². The molecule has 1 aliphatic rings. The lowest BCUT2D eigenvalue weighted by Gasteiger charge is -2.16. The van der Waals surface area contributed by atoms with Crippen molar-refractivity contribution in [2.75, 3.05) is 0 Å². The maximum atomic E-state index is 12.2. The number of benzene rings is 1. The van der Waals surface area contributed by atoms with Crippen molar-refractivity contribution in [2.24, 2.45) is 5.92 Å². The molecule has 1 N–H and O–H groups in total. The number of rotatable bonds is 4. The third-order valence-electron chi connectivity index (χ3n) is 4.06. The van der Waals surface area contributed by atoms with Gasteiger partial charge in [-0.3, -0.25) is 4.79 Å². The molecule has 0 saturated carbocycles. The second-order valence-corrected chi connectivity index (χ2v) is 7.20. The number of aryl methyl sites for hydroxylation is 1. The molecule has 5 heteroatoms. The summed E-state index contributed by atoms with van der Waals surface area (Å²) in [6.07, 6.45) is 7.02. The van der Waals surface area contributed by atoms with Crippen LogP contribution >= 0.6 is 22.9 Å². The Kier molecular flexibility index (Phi) is 5.13. The van der Waals surface area contributed by atoms with Crippen LogP contribution in [0.15, 0.2) is 36.4 Å². The molecule has 1 aromatic carbocycles. The van der Waals surface area contributed by atoms with Gasteiger partial charge in [-0.15, -0.1) is 11.3 Å². The van der Waals surface area contributed by atoms with Gasteiger partial charge in [0.1, 0.15) is 5.01 Å². The van der Waals surface area contributed by atoms with Gasteiger partial charge in [-0.25, -0.2) is 4.98 Å². The topological polar surface area (TPSA) is 42.0 Å². The number of carbonyl (C=O) groups is 1. The summed E-state index contributed by atoms with van der Waals surface area (Å²) in [4.78, 5) is 17.9. The predicted molar refractivity (Wildman–Crippen MR) is 95.6 cm³/mol. The molecule has 3 rings (SSSR count). The molecular formula is C18H19ClN2OS. The van der Waals surface area contributed by atoms with Gasteiger partial charge in [0.05, 0.1) is 17.3 Å². The Balaban J connectivity index is 1.68.